The Morgan fingerprint density at radius 2 is 2.00 bits per heavy atom. The maximum Gasteiger partial charge on any atom is 0.360 e. The normalized spacial score (nSPS) is 25.6. The number of carbonyl (C=O) groups excluding carboxylic acids is 2. The van der Waals surface area contributed by atoms with E-state index in [9.17, 15) is 14.0 Å². The lowest BCUT2D eigenvalue weighted by Gasteiger charge is -2.28. The van der Waals surface area contributed by atoms with E-state index < -0.39 is 29.5 Å². The van der Waals surface area contributed by atoms with Gasteiger partial charge in [0.1, 0.15) is 23.0 Å². The van der Waals surface area contributed by atoms with Crippen LogP contribution in [0.15, 0.2) is 40.8 Å². The summed E-state index contributed by atoms with van der Waals surface area (Å²) in [7, 11) is 1.27. The molecule has 4 heterocycles. The molecule has 1 amide bonds. The summed E-state index contributed by atoms with van der Waals surface area (Å²) in [5.41, 5.74) is 1.62. The highest BCUT2D eigenvalue weighted by Gasteiger charge is 2.61. The number of benzene rings is 2. The average Bonchev–Trinajstić information content (AvgIpc) is 3.50. The number of rotatable bonds is 2. The second-order valence-electron chi connectivity index (χ2n) is 10.0. The number of ether oxygens (including phenoxy) is 2. The fourth-order valence-corrected chi connectivity index (χ4v) is 5.60. The number of hydrogen-bond acceptors (Lipinski definition) is 7. The Hall–Kier alpha value is -3.88. The smallest absolute Gasteiger partial charge is 0.360 e. The van der Waals surface area contributed by atoms with Crippen molar-refractivity contribution in [3.05, 3.63) is 76.3 Å². The van der Waals surface area contributed by atoms with Crippen LogP contribution in [-0.4, -0.2) is 30.2 Å². The molecule has 1 spiro atoms. The molecule has 4 atom stereocenters. The Kier molecular flexibility index (Phi) is 4.90. The summed E-state index contributed by atoms with van der Waals surface area (Å²) in [6, 6.07) is 9.58. The summed E-state index contributed by atoms with van der Waals surface area (Å²) in [5, 5.41) is 6.39. The second kappa shape index (κ2) is 7.81. The number of nitrogens with one attached hydrogen (secondary N) is 2. The Morgan fingerprint density at radius 3 is 2.75 bits per heavy atom. The second-order valence-corrected chi connectivity index (χ2v) is 10.0. The predicted molar refractivity (Wildman–Crippen MR) is 127 cm³/mol. The number of amides is 1. The molecule has 3 aliphatic rings. The Labute approximate surface area is 207 Å². The molecule has 2 N–H and O–H groups in total. The zero-order valence-corrected chi connectivity index (χ0v) is 20.3. The molecule has 0 saturated heterocycles. The highest BCUT2D eigenvalue weighted by molar-refractivity contribution is 5.90. The van der Waals surface area contributed by atoms with Crippen molar-refractivity contribution in [3.63, 3.8) is 0 Å². The topological polar surface area (TPSA) is 103 Å². The van der Waals surface area contributed by atoms with Crippen LogP contribution in [0.25, 0.3) is 0 Å². The van der Waals surface area contributed by atoms with Crippen LogP contribution < -0.4 is 15.4 Å². The summed E-state index contributed by atoms with van der Waals surface area (Å²) < 4.78 is 32.6. The Bertz CT molecular complexity index is 1420. The first-order valence-electron chi connectivity index (χ1n) is 12.0. The van der Waals surface area contributed by atoms with E-state index in [2.05, 4.69) is 15.6 Å². The zero-order chi connectivity index (χ0) is 25.4. The number of anilines is 1. The lowest BCUT2D eigenvalue weighted by Crippen LogP contribution is -2.41. The fraction of sp³-hybridized carbons (Fsp3) is 0.370. The molecule has 0 fully saturated rings. The van der Waals surface area contributed by atoms with Crippen LogP contribution in [0.4, 0.5) is 10.1 Å². The molecule has 2 aromatic carbocycles. The van der Waals surface area contributed by atoms with Gasteiger partial charge in [0.05, 0.1) is 7.11 Å². The van der Waals surface area contributed by atoms with Crippen LogP contribution in [0, 0.1) is 17.7 Å². The van der Waals surface area contributed by atoms with Crippen LogP contribution in [0.2, 0.25) is 0 Å². The van der Waals surface area contributed by atoms with Crippen LogP contribution in [0.3, 0.4) is 0 Å². The molecule has 9 heteroatoms. The van der Waals surface area contributed by atoms with Gasteiger partial charge in [-0.3, -0.25) is 4.79 Å². The number of carbonyl (C=O) groups is 2. The first-order chi connectivity index (χ1) is 17.2. The van der Waals surface area contributed by atoms with E-state index in [0.29, 0.717) is 29.0 Å². The number of methoxy groups -OCH3 is 1. The van der Waals surface area contributed by atoms with Crippen molar-refractivity contribution in [1.82, 2.24) is 10.3 Å². The molecule has 1 aromatic heterocycles. The molecule has 8 nitrogen and oxygen atoms in total. The van der Waals surface area contributed by atoms with Crippen LogP contribution >= 0.6 is 0 Å². The molecule has 3 aromatic rings. The quantitative estimate of drug-likeness (QED) is 0.521. The largest absolute Gasteiger partial charge is 0.469 e. The van der Waals surface area contributed by atoms with E-state index in [-0.39, 0.29) is 35.1 Å². The molecule has 6 rings (SSSR count). The van der Waals surface area contributed by atoms with Gasteiger partial charge in [0.15, 0.2) is 17.7 Å². The Morgan fingerprint density at radius 1 is 1.19 bits per heavy atom. The summed E-state index contributed by atoms with van der Waals surface area (Å²) in [5.74, 6) is -0.740. The maximum atomic E-state index is 14.7. The van der Waals surface area contributed by atoms with Crippen molar-refractivity contribution in [2.75, 3.05) is 12.4 Å². The third-order valence-corrected chi connectivity index (χ3v) is 7.40. The zero-order valence-electron chi connectivity index (χ0n) is 20.3. The van der Waals surface area contributed by atoms with Crippen molar-refractivity contribution in [3.8, 4) is 5.75 Å². The predicted octanol–water partition coefficient (Wildman–Crippen LogP) is 4.08. The summed E-state index contributed by atoms with van der Waals surface area (Å²) in [6.07, 6.45) is -0.221. The number of halogens is 1. The van der Waals surface area contributed by atoms with E-state index >= 15 is 0 Å². The molecule has 3 aliphatic heterocycles. The SMILES string of the molecule is COC(=O)c1nc2oc1C13c4cc(F)ccc4N[C@@H]1Oc1ccc(cc13)CC(C)C(=O)NC2C(C)C. The minimum Gasteiger partial charge on any atom is -0.469 e. The van der Waals surface area contributed by atoms with Gasteiger partial charge in [-0.2, -0.15) is 0 Å². The van der Waals surface area contributed by atoms with Gasteiger partial charge >= 0.3 is 5.97 Å². The molecule has 0 aliphatic carbocycles. The molecule has 0 saturated carbocycles. The highest BCUT2D eigenvalue weighted by atomic mass is 19.1. The summed E-state index contributed by atoms with van der Waals surface area (Å²) in [6.45, 7) is 5.74. The molecule has 3 unspecified atom stereocenters. The first-order valence-corrected chi connectivity index (χ1v) is 12.0. The third kappa shape index (κ3) is 3.01. The molecule has 4 bridgehead atoms. The van der Waals surface area contributed by atoms with Gasteiger partial charge in [0.25, 0.3) is 0 Å². The number of fused-ring (bicyclic) bond motifs is 4. The van der Waals surface area contributed by atoms with Crippen molar-refractivity contribution >= 4 is 17.6 Å². The number of hydrogen-bond donors (Lipinski definition) is 2. The number of nitrogens with zero attached hydrogens (tertiary/aromatic N) is 1. The van der Waals surface area contributed by atoms with E-state index in [0.717, 1.165) is 5.56 Å². The van der Waals surface area contributed by atoms with Crippen molar-refractivity contribution in [2.24, 2.45) is 11.8 Å². The van der Waals surface area contributed by atoms with Crippen LogP contribution in [0.1, 0.15) is 65.6 Å². The highest BCUT2D eigenvalue weighted by Crippen LogP contribution is 2.58. The van der Waals surface area contributed by atoms with Gasteiger partial charge in [0, 0.05) is 22.7 Å². The third-order valence-electron chi connectivity index (χ3n) is 7.40. The van der Waals surface area contributed by atoms with Gasteiger partial charge in [-0.1, -0.05) is 32.9 Å². The first kappa shape index (κ1) is 22.6. The lowest BCUT2D eigenvalue weighted by atomic mass is 9.72. The molecule has 186 valence electrons. The minimum atomic E-state index is -1.20. The minimum absolute atomic E-state index is 0.0366. The molecule has 0 radical (unpaired) electrons. The molecular weight excluding hydrogens is 465 g/mol. The van der Waals surface area contributed by atoms with Crippen LogP contribution in [-0.2, 0) is 21.4 Å². The summed E-state index contributed by atoms with van der Waals surface area (Å²) >= 11 is 0. The monoisotopic (exact) mass is 491 g/mol. The van der Waals surface area contributed by atoms with E-state index in [1.165, 1.54) is 19.2 Å². The van der Waals surface area contributed by atoms with Crippen molar-refractivity contribution in [1.29, 1.82) is 0 Å². The lowest BCUT2D eigenvalue weighted by molar-refractivity contribution is -0.125. The van der Waals surface area contributed by atoms with E-state index in [1.807, 2.05) is 39.0 Å². The average molecular weight is 492 g/mol. The molecular formula is C27H26FN3O5. The van der Waals surface area contributed by atoms with E-state index in [1.54, 1.807) is 6.07 Å². The number of oxazole rings is 1. The summed E-state index contributed by atoms with van der Waals surface area (Å²) in [4.78, 5) is 30.7. The van der Waals surface area contributed by atoms with Gasteiger partial charge in [0.2, 0.25) is 11.8 Å². The standard InChI is InChI=1S/C27H26FN3O5/c1-12(2)20-24-31-21(25(33)34-4)22(36-24)27-16-11-15(28)6-7-18(16)29-26(27)35-19-8-5-14(10-17(19)27)9-13(3)23(32)30-20/h5-8,10-13,20,26,29H,9H2,1-4H3,(H,30,32)/t13?,20?,26-,27?/m1/s1. The maximum absolute atomic E-state index is 14.7. The van der Waals surface area contributed by atoms with Gasteiger partial charge in [-0.15, -0.1) is 0 Å². The van der Waals surface area contributed by atoms with Gasteiger partial charge in [-0.05, 0) is 42.2 Å². The number of esters is 1. The Balaban J connectivity index is 1.73. The van der Waals surface area contributed by atoms with Crippen molar-refractivity contribution < 1.29 is 27.9 Å². The van der Waals surface area contributed by atoms with Crippen molar-refractivity contribution in [2.45, 2.75) is 44.9 Å². The number of aromatic nitrogens is 1. The van der Waals surface area contributed by atoms with E-state index in [4.69, 9.17) is 13.9 Å². The van der Waals surface area contributed by atoms with Gasteiger partial charge < -0.3 is 24.5 Å². The van der Waals surface area contributed by atoms with Crippen LogP contribution in [0.5, 0.6) is 5.75 Å². The fourth-order valence-electron chi connectivity index (χ4n) is 5.60. The van der Waals surface area contributed by atoms with Gasteiger partial charge in [-0.25, -0.2) is 14.2 Å². The molecule has 36 heavy (non-hydrogen) atoms.